The Bertz CT molecular complexity index is 107. The van der Waals surface area contributed by atoms with Crippen molar-refractivity contribution in [3.8, 4) is 12.8 Å². The summed E-state index contributed by atoms with van der Waals surface area (Å²) in [6.07, 6.45) is 8.68. The minimum absolute atomic E-state index is 0.0278. The average Bonchev–Trinajstić information content (AvgIpc) is 2.60. The number of alkyl halides is 2. The Kier molecular flexibility index (Phi) is 13.0. The molecule has 0 radical (unpaired) electrons. The first-order valence-electron chi connectivity index (χ1n) is 4.46. The number of rotatable bonds is 1. The van der Waals surface area contributed by atoms with Gasteiger partial charge in [-0.25, -0.2) is 8.78 Å². The molecule has 0 aliphatic carbocycles. The smallest absolute Gasteiger partial charge is 0.238 e. The van der Waals surface area contributed by atoms with Crippen LogP contribution >= 0.6 is 0 Å². The molecule has 0 aromatic carbocycles. The minimum Gasteiger partial charge on any atom is -0.306 e. The van der Waals surface area contributed by atoms with Gasteiger partial charge in [0.1, 0.15) is 0 Å². The third-order valence-corrected chi connectivity index (χ3v) is 1.64. The van der Waals surface area contributed by atoms with Gasteiger partial charge in [-0.2, -0.15) is 0 Å². The van der Waals surface area contributed by atoms with Crippen molar-refractivity contribution in [3.05, 3.63) is 0 Å². The van der Waals surface area contributed by atoms with Crippen molar-refractivity contribution in [1.29, 1.82) is 0 Å². The summed E-state index contributed by atoms with van der Waals surface area (Å²) in [7, 11) is 2.17. The number of terminal acetylenes is 1. The molecule has 0 saturated carbocycles. The van der Waals surface area contributed by atoms with E-state index in [0.717, 1.165) is 0 Å². The van der Waals surface area contributed by atoms with Crippen LogP contribution in [-0.2, 0) is 0 Å². The van der Waals surface area contributed by atoms with Crippen LogP contribution in [0.5, 0.6) is 0 Å². The Morgan fingerprint density at radius 3 is 1.62 bits per heavy atom. The summed E-state index contributed by atoms with van der Waals surface area (Å²) >= 11 is 0. The van der Waals surface area contributed by atoms with Crippen LogP contribution in [0.1, 0.15) is 26.2 Å². The Hall–Kier alpha value is -0.620. The van der Waals surface area contributed by atoms with Crippen LogP contribution < -0.4 is 0 Å². The highest BCUT2D eigenvalue weighted by Crippen LogP contribution is 2.02. The first-order valence-corrected chi connectivity index (χ1v) is 4.46. The Morgan fingerprint density at radius 2 is 1.54 bits per heavy atom. The van der Waals surface area contributed by atoms with Crippen LogP contribution in [0.2, 0.25) is 0 Å². The lowest BCUT2D eigenvalue weighted by Gasteiger charge is -2.01. The lowest BCUT2D eigenvalue weighted by molar-refractivity contribution is 0.144. The molecule has 1 saturated heterocycles. The maximum absolute atomic E-state index is 10.8. The van der Waals surface area contributed by atoms with E-state index in [4.69, 9.17) is 0 Å². The summed E-state index contributed by atoms with van der Waals surface area (Å²) in [6.45, 7) is 4.09. The summed E-state index contributed by atoms with van der Waals surface area (Å²) in [4.78, 5) is 2.36. The molecule has 0 unspecified atom stereocenters. The maximum Gasteiger partial charge on any atom is 0.238 e. The van der Waals surface area contributed by atoms with Gasteiger partial charge in [-0.1, -0.05) is 6.92 Å². The molecular weight excluding hydrogens is 172 g/mol. The van der Waals surface area contributed by atoms with Crippen LogP contribution in [0, 0.1) is 12.8 Å². The molecule has 1 aliphatic rings. The van der Waals surface area contributed by atoms with Crippen LogP contribution in [-0.4, -0.2) is 31.5 Å². The van der Waals surface area contributed by atoms with Crippen molar-refractivity contribution >= 4 is 0 Å². The fourth-order valence-electron chi connectivity index (χ4n) is 0.875. The van der Waals surface area contributed by atoms with Crippen LogP contribution in [0.15, 0.2) is 0 Å². The average molecular weight is 191 g/mol. The number of nitrogens with zero attached hydrogens (tertiary/aromatic N) is 1. The van der Waals surface area contributed by atoms with E-state index < -0.39 is 6.43 Å². The molecule has 78 valence electrons. The van der Waals surface area contributed by atoms with Crippen molar-refractivity contribution in [2.45, 2.75) is 32.6 Å². The monoisotopic (exact) mass is 191 g/mol. The van der Waals surface area contributed by atoms with E-state index >= 15 is 0 Å². The normalized spacial score (nSPS) is 15.6. The molecule has 1 aliphatic heterocycles. The molecule has 1 fully saturated rings. The molecule has 0 bridgehead atoms. The predicted molar refractivity (Wildman–Crippen MR) is 52.9 cm³/mol. The summed E-state index contributed by atoms with van der Waals surface area (Å²) in [6, 6.07) is 0. The van der Waals surface area contributed by atoms with Gasteiger partial charge >= 0.3 is 0 Å². The molecule has 13 heavy (non-hydrogen) atoms. The number of hydrogen-bond acceptors (Lipinski definition) is 1. The van der Waals surface area contributed by atoms with Gasteiger partial charge < -0.3 is 4.90 Å². The standard InChI is InChI=1S/C5H11N.C3H6F2.C2H2/c1-6-4-2-3-5-6;1-2-3(4)5;1-2/h2-5H2,1H3;3H,2H2,1H3;1-2H. The highest BCUT2D eigenvalue weighted by Gasteiger charge is 2.03. The third kappa shape index (κ3) is 14.3. The molecule has 0 aromatic heterocycles. The van der Waals surface area contributed by atoms with Gasteiger partial charge in [0.2, 0.25) is 6.43 Å². The van der Waals surface area contributed by atoms with E-state index in [1.165, 1.54) is 32.9 Å². The largest absolute Gasteiger partial charge is 0.306 e. The minimum atomic E-state index is -2.12. The first kappa shape index (κ1) is 14.9. The Balaban J connectivity index is 0. The van der Waals surface area contributed by atoms with Gasteiger partial charge in [0.05, 0.1) is 0 Å². The second-order valence-corrected chi connectivity index (χ2v) is 2.81. The van der Waals surface area contributed by atoms with E-state index in [1.807, 2.05) is 0 Å². The Morgan fingerprint density at radius 1 is 1.23 bits per heavy atom. The zero-order valence-corrected chi connectivity index (χ0v) is 8.47. The zero-order valence-electron chi connectivity index (χ0n) is 8.47. The maximum atomic E-state index is 10.8. The fraction of sp³-hybridized carbons (Fsp3) is 0.800. The molecule has 3 heteroatoms. The number of halogens is 2. The first-order chi connectivity index (χ1) is 6.16. The van der Waals surface area contributed by atoms with Gasteiger partial charge in [-0.15, -0.1) is 12.8 Å². The van der Waals surface area contributed by atoms with E-state index in [0.29, 0.717) is 0 Å². The van der Waals surface area contributed by atoms with Crippen molar-refractivity contribution < 1.29 is 8.78 Å². The number of likely N-dealkylation sites (tertiary alicyclic amines) is 1. The molecule has 0 amide bonds. The van der Waals surface area contributed by atoms with Gasteiger partial charge in [-0.05, 0) is 33.0 Å². The van der Waals surface area contributed by atoms with Gasteiger partial charge in [0.15, 0.2) is 0 Å². The molecule has 1 rings (SSSR count). The predicted octanol–water partition coefficient (Wildman–Crippen LogP) is 2.62. The van der Waals surface area contributed by atoms with Gasteiger partial charge in [0.25, 0.3) is 0 Å². The summed E-state index contributed by atoms with van der Waals surface area (Å²) in [5.41, 5.74) is 0. The second-order valence-electron chi connectivity index (χ2n) is 2.81. The quantitative estimate of drug-likeness (QED) is 0.576. The van der Waals surface area contributed by atoms with E-state index in [9.17, 15) is 8.78 Å². The SMILES string of the molecule is C#C.CCC(F)F.CN1CCCC1. The zero-order chi connectivity index (χ0) is 10.7. The van der Waals surface area contributed by atoms with Crippen LogP contribution in [0.3, 0.4) is 0 Å². The molecule has 0 atom stereocenters. The van der Waals surface area contributed by atoms with Crippen LogP contribution in [0.4, 0.5) is 8.78 Å². The molecule has 0 N–H and O–H groups in total. The van der Waals surface area contributed by atoms with Crippen molar-refractivity contribution in [3.63, 3.8) is 0 Å². The highest BCUT2D eigenvalue weighted by atomic mass is 19.3. The topological polar surface area (TPSA) is 3.24 Å². The molecule has 1 nitrogen and oxygen atoms in total. The van der Waals surface area contributed by atoms with E-state index in [-0.39, 0.29) is 6.42 Å². The molecule has 1 heterocycles. The van der Waals surface area contributed by atoms with Crippen molar-refractivity contribution in [2.75, 3.05) is 20.1 Å². The second kappa shape index (κ2) is 11.4. The summed E-state index contributed by atoms with van der Waals surface area (Å²) in [5.74, 6) is 0. The van der Waals surface area contributed by atoms with E-state index in [1.54, 1.807) is 0 Å². The van der Waals surface area contributed by atoms with Crippen molar-refractivity contribution in [2.24, 2.45) is 0 Å². The van der Waals surface area contributed by atoms with Crippen molar-refractivity contribution in [1.82, 2.24) is 4.90 Å². The molecule has 0 spiro atoms. The fourth-order valence-corrected chi connectivity index (χ4v) is 0.875. The number of hydrogen-bond donors (Lipinski definition) is 0. The van der Waals surface area contributed by atoms with Crippen LogP contribution in [0.25, 0.3) is 0 Å². The molecule has 0 aromatic rings. The Labute approximate surface area is 80.1 Å². The summed E-state index contributed by atoms with van der Waals surface area (Å²) < 4.78 is 21.5. The van der Waals surface area contributed by atoms with Gasteiger partial charge in [-0.3, -0.25) is 0 Å². The van der Waals surface area contributed by atoms with Gasteiger partial charge in [0, 0.05) is 6.42 Å². The lowest BCUT2D eigenvalue weighted by Crippen LogP contribution is -2.10. The van der Waals surface area contributed by atoms with E-state index in [2.05, 4.69) is 24.8 Å². The third-order valence-electron chi connectivity index (χ3n) is 1.64. The lowest BCUT2D eigenvalue weighted by atomic mass is 10.4. The summed E-state index contributed by atoms with van der Waals surface area (Å²) in [5, 5.41) is 0. The highest BCUT2D eigenvalue weighted by molar-refractivity contribution is 4.59. The molecular formula is C10H19F2N.